The molecule has 0 saturated carbocycles. The first-order valence-electron chi connectivity index (χ1n) is 17.5. The maximum Gasteiger partial charge on any atom is 0.0867 e. The molecule has 6 rings (SSSR count). The minimum absolute atomic E-state index is 0.403. The van der Waals surface area contributed by atoms with Gasteiger partial charge in [-0.15, -0.1) is 0 Å². The van der Waals surface area contributed by atoms with E-state index in [0.29, 0.717) is 6.04 Å². The van der Waals surface area contributed by atoms with Crippen LogP contribution in [0.3, 0.4) is 0 Å². The van der Waals surface area contributed by atoms with E-state index in [1.54, 1.807) is 0 Å². The van der Waals surface area contributed by atoms with Crippen LogP contribution in [0.5, 0.6) is 0 Å². The Labute approximate surface area is 283 Å². The maximum atomic E-state index is 2.52. The van der Waals surface area contributed by atoms with Gasteiger partial charge >= 0.3 is 0 Å². The highest BCUT2D eigenvalue weighted by Crippen LogP contribution is 2.46. The van der Waals surface area contributed by atoms with E-state index in [2.05, 4.69) is 179 Å². The Balaban J connectivity index is 1.39. The summed E-state index contributed by atoms with van der Waals surface area (Å²) >= 11 is 0. The molecule has 2 heterocycles. The topological polar surface area (TPSA) is 6.48 Å². The molecule has 0 N–H and O–H groups in total. The van der Waals surface area contributed by atoms with E-state index >= 15 is 0 Å². The molecular weight excluding hydrogens is 569 g/mol. The van der Waals surface area contributed by atoms with Gasteiger partial charge in [0, 0.05) is 24.5 Å². The maximum absolute atomic E-state index is 2.52. The smallest absolute Gasteiger partial charge is 0.0867 e. The lowest BCUT2D eigenvalue weighted by molar-refractivity contribution is 0.324. The van der Waals surface area contributed by atoms with Crippen molar-refractivity contribution in [3.63, 3.8) is 0 Å². The third-order valence-electron chi connectivity index (χ3n) is 9.92. The van der Waals surface area contributed by atoms with Crippen LogP contribution < -0.4 is 4.90 Å². The molecular formula is C45H50N2. The zero-order chi connectivity index (χ0) is 33.0. The number of nitrogens with zero attached hydrogens (tertiary/aromatic N) is 2. The quantitative estimate of drug-likeness (QED) is 0.163. The van der Waals surface area contributed by atoms with Crippen molar-refractivity contribution in [1.82, 2.24) is 4.90 Å². The molecule has 2 aliphatic heterocycles. The Bertz CT molecular complexity index is 1780. The van der Waals surface area contributed by atoms with Crippen LogP contribution in [-0.2, 0) is 5.54 Å². The third kappa shape index (κ3) is 7.08. The van der Waals surface area contributed by atoms with E-state index in [0.717, 1.165) is 6.54 Å². The van der Waals surface area contributed by atoms with E-state index in [1.807, 2.05) is 0 Å². The number of hydrogen-bond acceptors (Lipinski definition) is 2. The summed E-state index contributed by atoms with van der Waals surface area (Å²) in [5.74, 6) is 0. The second-order valence-corrected chi connectivity index (χ2v) is 13.7. The number of benzene rings is 4. The highest BCUT2D eigenvalue weighted by molar-refractivity contribution is 5.95. The number of unbranched alkanes of at least 4 members (excludes halogenated alkanes) is 3. The van der Waals surface area contributed by atoms with Crippen LogP contribution >= 0.6 is 0 Å². The van der Waals surface area contributed by atoms with E-state index in [4.69, 9.17) is 0 Å². The number of anilines is 1. The van der Waals surface area contributed by atoms with Crippen molar-refractivity contribution in [2.45, 2.75) is 78.8 Å². The van der Waals surface area contributed by atoms with Gasteiger partial charge in [-0.1, -0.05) is 134 Å². The molecule has 47 heavy (non-hydrogen) atoms. The summed E-state index contributed by atoms with van der Waals surface area (Å²) in [6.07, 6.45) is 17.0. The minimum atomic E-state index is -0.420. The first kappa shape index (κ1) is 32.4. The molecule has 2 nitrogen and oxygen atoms in total. The van der Waals surface area contributed by atoms with Crippen LogP contribution in [0.25, 0.3) is 16.8 Å². The van der Waals surface area contributed by atoms with Crippen LogP contribution in [0.1, 0.15) is 85.4 Å². The second kappa shape index (κ2) is 14.1. The number of hydrogen-bond donors (Lipinski definition) is 0. The monoisotopic (exact) mass is 618 g/mol. The molecule has 2 aliphatic rings. The molecule has 2 atom stereocenters. The Morgan fingerprint density at radius 1 is 0.638 bits per heavy atom. The molecule has 240 valence electrons. The summed E-state index contributed by atoms with van der Waals surface area (Å²) in [4.78, 5) is 5.00. The fraction of sp³-hybridized carbons (Fsp3) is 0.289. The molecule has 2 unspecified atom stereocenters. The van der Waals surface area contributed by atoms with Crippen molar-refractivity contribution in [3.8, 4) is 0 Å². The van der Waals surface area contributed by atoms with Crippen LogP contribution in [-0.4, -0.2) is 17.5 Å². The Kier molecular flexibility index (Phi) is 9.68. The van der Waals surface area contributed by atoms with Gasteiger partial charge in [0.05, 0.1) is 11.2 Å². The molecule has 0 aromatic heterocycles. The molecule has 0 radical (unpaired) electrons. The predicted molar refractivity (Wildman–Crippen MR) is 203 cm³/mol. The molecule has 2 heteroatoms. The van der Waals surface area contributed by atoms with E-state index in [-0.39, 0.29) is 0 Å². The molecule has 0 fully saturated rings. The molecule has 0 aliphatic carbocycles. The summed E-state index contributed by atoms with van der Waals surface area (Å²) in [5.41, 5.74) is 13.3. The van der Waals surface area contributed by atoms with E-state index in [1.165, 1.54) is 87.2 Å². The summed E-state index contributed by atoms with van der Waals surface area (Å²) in [5, 5.41) is 0. The van der Waals surface area contributed by atoms with Crippen LogP contribution in [0.15, 0.2) is 128 Å². The highest BCUT2D eigenvalue weighted by atomic mass is 15.2. The van der Waals surface area contributed by atoms with Gasteiger partial charge in [0.1, 0.15) is 0 Å². The molecule has 0 bridgehead atoms. The van der Waals surface area contributed by atoms with Crippen LogP contribution in [0.4, 0.5) is 5.69 Å². The molecule has 4 aromatic rings. The number of allylic oxidation sites excluding steroid dienone is 4. The molecule has 0 saturated heterocycles. The second-order valence-electron chi connectivity index (χ2n) is 13.7. The summed E-state index contributed by atoms with van der Waals surface area (Å²) in [6.45, 7) is 14.5. The van der Waals surface area contributed by atoms with Gasteiger partial charge in [0.2, 0.25) is 0 Å². The lowest BCUT2D eigenvalue weighted by Crippen LogP contribution is -2.43. The van der Waals surface area contributed by atoms with Gasteiger partial charge in [-0.25, -0.2) is 0 Å². The number of aryl methyl sites for hydroxylation is 3. The van der Waals surface area contributed by atoms with Gasteiger partial charge in [-0.05, 0) is 105 Å². The van der Waals surface area contributed by atoms with Gasteiger partial charge in [-0.2, -0.15) is 0 Å². The first-order valence-corrected chi connectivity index (χ1v) is 17.5. The van der Waals surface area contributed by atoms with Gasteiger partial charge in [0.25, 0.3) is 0 Å². The zero-order valence-corrected chi connectivity index (χ0v) is 29.1. The molecule has 0 amide bonds. The average Bonchev–Trinajstić information content (AvgIpc) is 3.08. The lowest BCUT2D eigenvalue weighted by Gasteiger charge is -2.46. The standard InChI is InChI=1S/C45H50N2/c1-7-8-9-10-28-46-29-27-40(30-36(46)5)37-19-21-38(22-20-37)41-31-44(39-17-11-33(2)12-18-39)47(43-25-15-35(4)16-26-43)45(6,32-41)42-23-13-34(3)14-24-42/h11-27,29-32,36H,7-10,28H2,1-6H3. The minimum Gasteiger partial charge on any atom is -0.371 e. The summed E-state index contributed by atoms with van der Waals surface area (Å²) in [6, 6.07) is 36.6. The fourth-order valence-electron chi connectivity index (χ4n) is 6.95. The van der Waals surface area contributed by atoms with Crippen molar-refractivity contribution in [3.05, 3.63) is 167 Å². The van der Waals surface area contributed by atoms with Gasteiger partial charge in [0.15, 0.2) is 0 Å². The largest absolute Gasteiger partial charge is 0.371 e. The summed E-state index contributed by atoms with van der Waals surface area (Å²) < 4.78 is 0. The van der Waals surface area contributed by atoms with Gasteiger partial charge < -0.3 is 9.80 Å². The number of rotatable bonds is 10. The molecule has 4 aromatic carbocycles. The van der Waals surface area contributed by atoms with E-state index in [9.17, 15) is 0 Å². The van der Waals surface area contributed by atoms with Crippen molar-refractivity contribution < 1.29 is 0 Å². The summed E-state index contributed by atoms with van der Waals surface area (Å²) in [7, 11) is 0. The Morgan fingerprint density at radius 2 is 1.19 bits per heavy atom. The third-order valence-corrected chi connectivity index (χ3v) is 9.92. The zero-order valence-electron chi connectivity index (χ0n) is 29.1. The van der Waals surface area contributed by atoms with Crippen molar-refractivity contribution in [2.75, 3.05) is 11.4 Å². The van der Waals surface area contributed by atoms with Crippen molar-refractivity contribution in [2.24, 2.45) is 0 Å². The van der Waals surface area contributed by atoms with Crippen molar-refractivity contribution >= 4 is 22.5 Å². The Hall–Kier alpha value is -4.56. The Morgan fingerprint density at radius 3 is 1.79 bits per heavy atom. The lowest BCUT2D eigenvalue weighted by atomic mass is 9.81. The van der Waals surface area contributed by atoms with E-state index < -0.39 is 5.54 Å². The highest BCUT2D eigenvalue weighted by Gasteiger charge is 2.38. The van der Waals surface area contributed by atoms with Gasteiger partial charge in [-0.3, -0.25) is 0 Å². The van der Waals surface area contributed by atoms with Crippen molar-refractivity contribution in [1.29, 1.82) is 0 Å². The van der Waals surface area contributed by atoms with Crippen LogP contribution in [0.2, 0.25) is 0 Å². The first-order chi connectivity index (χ1) is 22.7. The normalized spacial score (nSPS) is 19.4. The average molecular weight is 619 g/mol. The fourth-order valence-corrected chi connectivity index (χ4v) is 6.95. The molecule has 0 spiro atoms. The SMILES string of the molecule is CCCCCCN1C=CC(c2ccc(C3=CC(C)(c4ccc(C)cc4)N(c4ccc(C)cc4)C(c4ccc(C)cc4)=C3)cc2)=CC1C. The van der Waals surface area contributed by atoms with Crippen LogP contribution in [0, 0.1) is 20.8 Å². The predicted octanol–water partition coefficient (Wildman–Crippen LogP) is 11.7.